The summed E-state index contributed by atoms with van der Waals surface area (Å²) in [5.41, 5.74) is 92.4. The van der Waals surface area contributed by atoms with E-state index in [-0.39, 0.29) is 57.5 Å². The SMILES string of the molecule is [CH2-][C@@H](c1ccccc1)[C@@H]([NH-])c1ccccc1.[CH2-][C@@H](c1ccccc1)[C@@H]([NH-])c1ccccc1.[Co].[Co].[NH-][C@@H](c1ccccc1)[C@@H]([NH-])c1ccccc1.[NH-][C@@H](c1ccccc1)[C@@H]([NH-])c1ccccc1.[NH-][C@@H](c1ccccc1)[C@@H]([NH-])c1ccccc1.[NH-][C@@H](c1ccccc1)[C@@H]([NH-])c1ccccc1. The van der Waals surface area contributed by atoms with E-state index in [4.69, 9.17) is 57.3 Å². The van der Waals surface area contributed by atoms with Gasteiger partial charge in [0.2, 0.25) is 0 Å². The molecule has 0 aliphatic rings. The van der Waals surface area contributed by atoms with Gasteiger partial charge < -0.3 is 71.2 Å². The van der Waals surface area contributed by atoms with Crippen LogP contribution >= 0.6 is 0 Å². The Morgan fingerprint density at radius 3 is 0.316 bits per heavy atom. The number of hydrogen-bond acceptors (Lipinski definition) is 0. The van der Waals surface area contributed by atoms with Crippen LogP contribution in [0.4, 0.5) is 0 Å². The first-order valence-corrected chi connectivity index (χ1v) is 32.1. The molecule has 0 saturated carbocycles. The molecule has 0 aliphatic carbocycles. The molecule has 0 aromatic heterocycles. The van der Waals surface area contributed by atoms with Crippen LogP contribution in [0.2, 0.25) is 0 Å². The molecule has 12 atom stereocenters. The van der Waals surface area contributed by atoms with E-state index in [0.717, 1.165) is 66.8 Å². The molecule has 10 nitrogen and oxygen atoms in total. The van der Waals surface area contributed by atoms with Crippen molar-refractivity contribution in [2.75, 3.05) is 0 Å². The second-order valence-electron chi connectivity index (χ2n) is 22.9. The van der Waals surface area contributed by atoms with Crippen molar-refractivity contribution in [3.8, 4) is 0 Å². The Labute approximate surface area is 603 Å². The number of nitrogens with one attached hydrogen (secondary N) is 10. The zero-order valence-corrected chi connectivity index (χ0v) is 56.7. The predicted octanol–water partition coefficient (Wildman–Crippen LogP) is 27.1. The summed E-state index contributed by atoms with van der Waals surface area (Å²) in [4.78, 5) is 0. The predicted molar refractivity (Wildman–Crippen MR) is 404 cm³/mol. The summed E-state index contributed by atoms with van der Waals surface area (Å²) < 4.78 is 0. The Bertz CT molecular complexity index is 2970. The van der Waals surface area contributed by atoms with Crippen LogP contribution in [0.1, 0.15) is 139 Å². The van der Waals surface area contributed by atoms with E-state index in [2.05, 4.69) is 13.8 Å². The molecule has 0 amide bonds. The van der Waals surface area contributed by atoms with Crippen molar-refractivity contribution >= 4 is 0 Å². The molecule has 12 heteroatoms. The van der Waals surface area contributed by atoms with Gasteiger partial charge >= 0.3 is 0 Å². The molecule has 0 heterocycles. The average molecular weight is 1380 g/mol. The van der Waals surface area contributed by atoms with Crippen molar-refractivity contribution in [1.29, 1.82) is 0 Å². The fraction of sp³-hybridized carbons (Fsp3) is 0.140. The first-order valence-electron chi connectivity index (χ1n) is 32.1. The van der Waals surface area contributed by atoms with Gasteiger partial charge in [-0.1, -0.05) is 431 Å². The van der Waals surface area contributed by atoms with Crippen molar-refractivity contribution in [2.45, 2.75) is 72.3 Å². The molecule has 12 aromatic carbocycles. The molecule has 10 N–H and O–H groups in total. The van der Waals surface area contributed by atoms with Crippen LogP contribution in [0.25, 0.3) is 57.3 Å². The quantitative estimate of drug-likeness (QED) is 0.0729. The topological polar surface area (TPSA) is 238 Å². The summed E-state index contributed by atoms with van der Waals surface area (Å²) in [7, 11) is 0. The van der Waals surface area contributed by atoms with Crippen molar-refractivity contribution in [1.82, 2.24) is 0 Å². The minimum atomic E-state index is -0.524. The Kier molecular flexibility index (Phi) is 36.1. The van der Waals surface area contributed by atoms with Crippen LogP contribution in [0.5, 0.6) is 0 Å². The van der Waals surface area contributed by atoms with Crippen LogP contribution in [0.15, 0.2) is 364 Å². The molecule has 510 valence electrons. The fourth-order valence-electron chi connectivity index (χ4n) is 10.4. The monoisotopic (exact) mass is 1380 g/mol. The van der Waals surface area contributed by atoms with E-state index in [0.29, 0.717) is 0 Å². The molecule has 2 radical (unpaired) electrons. The summed E-state index contributed by atoms with van der Waals surface area (Å²) in [6.45, 7) is 8.19. The van der Waals surface area contributed by atoms with E-state index in [1.165, 1.54) is 0 Å². The minimum absolute atomic E-state index is 0. The molecule has 0 unspecified atom stereocenters. The Balaban J connectivity index is 0.000000211. The van der Waals surface area contributed by atoms with Gasteiger partial charge in [-0.05, 0) is 0 Å². The normalized spacial score (nSPS) is 14.1. The van der Waals surface area contributed by atoms with Crippen LogP contribution in [-0.2, 0) is 33.6 Å². The zero-order chi connectivity index (χ0) is 68.3. The molecule has 0 saturated heterocycles. The summed E-state index contributed by atoms with van der Waals surface area (Å²) in [5, 5.41) is 0. The number of benzene rings is 12. The Morgan fingerprint density at radius 2 is 0.214 bits per heavy atom. The van der Waals surface area contributed by atoms with Crippen molar-refractivity contribution in [2.24, 2.45) is 0 Å². The van der Waals surface area contributed by atoms with Gasteiger partial charge in [0.1, 0.15) is 0 Å². The van der Waals surface area contributed by atoms with Gasteiger partial charge in [0.05, 0.1) is 0 Å². The van der Waals surface area contributed by atoms with Gasteiger partial charge in [-0.15, -0.1) is 60.4 Å². The van der Waals surface area contributed by atoms with Crippen LogP contribution in [-0.4, -0.2) is 0 Å². The van der Waals surface area contributed by atoms with Crippen LogP contribution in [0, 0.1) is 13.8 Å². The summed E-state index contributed by atoms with van der Waals surface area (Å²) >= 11 is 0. The van der Waals surface area contributed by atoms with Crippen molar-refractivity contribution in [3.05, 3.63) is 502 Å². The third-order valence-corrected chi connectivity index (χ3v) is 16.2. The molecule has 0 spiro atoms. The van der Waals surface area contributed by atoms with E-state index < -0.39 is 48.3 Å². The molecule has 98 heavy (non-hydrogen) atoms. The largest absolute Gasteiger partial charge is 0.672 e. The van der Waals surface area contributed by atoms with E-state index in [1.807, 2.05) is 364 Å². The average Bonchev–Trinajstić information content (AvgIpc) is 1.03. The van der Waals surface area contributed by atoms with E-state index in [1.54, 1.807) is 0 Å². The van der Waals surface area contributed by atoms with Crippen LogP contribution < -0.4 is 0 Å². The van der Waals surface area contributed by atoms with Gasteiger partial charge in [-0.2, -0.15) is 11.8 Å². The maximum Gasteiger partial charge on any atom is 0 e. The second kappa shape index (κ2) is 44.2. The first-order chi connectivity index (χ1) is 46.7. The standard InChI is InChI=1S/2C15H15N.4C14H14N2.2Co/c2*1-12(13-8-4-2-5-9-13)15(16)14-10-6-3-7-11-14;4*15-13(11-7-3-1-4-8-11)14(16)12-9-5-2-6-10-12;;/h2*2-12,15-16H,1H2;4*1-10,13-16H;;/q6*-2;;/t2*12-,15+;4*13-,14-;;/m000000../s1. The molecule has 12 aromatic rings. The second-order valence-corrected chi connectivity index (χ2v) is 22.9. The smallest absolute Gasteiger partial charge is 0 e. The van der Waals surface area contributed by atoms with E-state index >= 15 is 0 Å². The number of hydrogen-bond donors (Lipinski definition) is 0. The Morgan fingerprint density at radius 1 is 0.133 bits per heavy atom. The fourth-order valence-corrected chi connectivity index (χ4v) is 10.4. The van der Waals surface area contributed by atoms with Gasteiger partial charge in [0, 0.05) is 33.6 Å². The molecular weight excluding hydrogens is 1290 g/mol. The Hall–Kier alpha value is -8.75. The molecule has 0 fully saturated rings. The summed E-state index contributed by atoms with van der Waals surface area (Å²) in [5.74, 6) is -0.0489. The first kappa shape index (κ1) is 79.9. The maximum absolute atomic E-state index is 8.19. The van der Waals surface area contributed by atoms with Crippen molar-refractivity contribution in [3.63, 3.8) is 0 Å². The third kappa shape index (κ3) is 25.6. The zero-order valence-electron chi connectivity index (χ0n) is 54.7. The molecule has 12 rings (SSSR count). The van der Waals surface area contributed by atoms with Gasteiger partial charge in [0.15, 0.2) is 0 Å². The van der Waals surface area contributed by atoms with Crippen molar-refractivity contribution < 1.29 is 33.6 Å². The third-order valence-electron chi connectivity index (χ3n) is 16.2. The van der Waals surface area contributed by atoms with Gasteiger partial charge in [0.25, 0.3) is 0 Å². The minimum Gasteiger partial charge on any atom is -0.672 e. The van der Waals surface area contributed by atoms with Gasteiger partial charge in [-0.3, -0.25) is 0 Å². The summed E-state index contributed by atoms with van der Waals surface area (Å²) in [6, 6.07) is 111. The molecule has 0 aliphatic heterocycles. The molecule has 0 bridgehead atoms. The van der Waals surface area contributed by atoms with Gasteiger partial charge in [-0.25, -0.2) is 0 Å². The number of rotatable bonds is 18. The molecular formula is C86H86Co2N10-12. The van der Waals surface area contributed by atoms with Crippen LogP contribution in [0.3, 0.4) is 0 Å². The summed E-state index contributed by atoms with van der Waals surface area (Å²) in [6.07, 6.45) is 0. The van der Waals surface area contributed by atoms with E-state index in [9.17, 15) is 0 Å². The maximum atomic E-state index is 8.19.